The Hall–Kier alpha value is -8.34. The molecule has 0 aliphatic carbocycles. The van der Waals surface area contributed by atoms with Crippen LogP contribution in [0.2, 0.25) is 0 Å². The van der Waals surface area contributed by atoms with Gasteiger partial charge in [-0.15, -0.1) is 0 Å². The van der Waals surface area contributed by atoms with Crippen molar-refractivity contribution in [3.05, 3.63) is 231 Å². The minimum absolute atomic E-state index is 0.688. The van der Waals surface area contributed by atoms with Gasteiger partial charge in [0.05, 0.1) is 33.5 Å². The molecule has 0 saturated heterocycles. The van der Waals surface area contributed by atoms with Gasteiger partial charge in [0.25, 0.3) is 0 Å². The van der Waals surface area contributed by atoms with E-state index in [2.05, 4.69) is 234 Å². The molecule has 62 heavy (non-hydrogen) atoms. The molecule has 0 aliphatic rings. The van der Waals surface area contributed by atoms with Gasteiger partial charge in [-0.1, -0.05) is 188 Å². The summed E-state index contributed by atoms with van der Waals surface area (Å²) in [5, 5.41) is 4.85. The summed E-state index contributed by atoms with van der Waals surface area (Å²) in [6.07, 6.45) is 0. The Labute approximate surface area is 359 Å². The minimum Gasteiger partial charge on any atom is -0.307 e. The Balaban J connectivity index is 1.09. The lowest BCUT2D eigenvalue weighted by molar-refractivity contribution is 1.15. The normalized spacial score (nSPS) is 11.5. The summed E-state index contributed by atoms with van der Waals surface area (Å²) in [5.41, 5.74) is 16.2. The predicted molar refractivity (Wildman–Crippen MR) is 258 cm³/mol. The summed E-state index contributed by atoms with van der Waals surface area (Å²) >= 11 is 0. The largest absolute Gasteiger partial charge is 0.307 e. The molecule has 290 valence electrons. The second kappa shape index (κ2) is 14.7. The van der Waals surface area contributed by atoms with Gasteiger partial charge in [0.2, 0.25) is 0 Å². The topological polar surface area (TPSA) is 35.6 Å². The van der Waals surface area contributed by atoms with Gasteiger partial charge in [-0.25, -0.2) is 9.97 Å². The minimum atomic E-state index is 0.688. The summed E-state index contributed by atoms with van der Waals surface area (Å²) in [4.78, 5) is 10.6. The van der Waals surface area contributed by atoms with Gasteiger partial charge in [-0.05, 0) is 64.7 Å². The van der Waals surface area contributed by atoms with Crippen molar-refractivity contribution in [2.45, 2.75) is 0 Å². The highest BCUT2D eigenvalue weighted by Crippen LogP contribution is 2.42. The molecule has 0 unspecified atom stereocenters. The van der Waals surface area contributed by atoms with Crippen LogP contribution in [0, 0.1) is 0 Å². The number of aromatic nitrogens is 4. The fourth-order valence-electron chi connectivity index (χ4n) is 9.29. The molecule has 0 N–H and O–H groups in total. The fraction of sp³-hybridized carbons (Fsp3) is 0. The van der Waals surface area contributed by atoms with Gasteiger partial charge in [0.1, 0.15) is 0 Å². The highest BCUT2D eigenvalue weighted by molar-refractivity contribution is 6.23. The van der Waals surface area contributed by atoms with Crippen molar-refractivity contribution in [3.8, 4) is 67.5 Å². The van der Waals surface area contributed by atoms with E-state index < -0.39 is 0 Å². The van der Waals surface area contributed by atoms with Gasteiger partial charge >= 0.3 is 0 Å². The third-order valence-corrected chi connectivity index (χ3v) is 12.1. The number of para-hydroxylation sites is 2. The fourth-order valence-corrected chi connectivity index (χ4v) is 9.29. The molecular formula is C58H38N4. The van der Waals surface area contributed by atoms with Crippen LogP contribution >= 0.6 is 0 Å². The Morgan fingerprint density at radius 3 is 1.37 bits per heavy atom. The second-order valence-electron chi connectivity index (χ2n) is 15.8. The lowest BCUT2D eigenvalue weighted by atomic mass is 9.98. The van der Waals surface area contributed by atoms with Crippen LogP contribution in [0.1, 0.15) is 0 Å². The highest BCUT2D eigenvalue weighted by atomic mass is 15.0. The van der Waals surface area contributed by atoms with Gasteiger partial charge in [-0.2, -0.15) is 0 Å². The van der Waals surface area contributed by atoms with Crippen LogP contribution in [-0.4, -0.2) is 19.1 Å². The molecule has 3 heterocycles. The first-order valence-corrected chi connectivity index (χ1v) is 21.1. The monoisotopic (exact) mass is 790 g/mol. The smallest absolute Gasteiger partial charge is 0.161 e. The summed E-state index contributed by atoms with van der Waals surface area (Å²) in [7, 11) is 0. The van der Waals surface area contributed by atoms with Crippen LogP contribution < -0.4 is 0 Å². The number of fused-ring (bicyclic) bond motifs is 7. The molecule has 0 radical (unpaired) electrons. The van der Waals surface area contributed by atoms with E-state index in [4.69, 9.17) is 9.97 Å². The predicted octanol–water partition coefficient (Wildman–Crippen LogP) is 15.0. The van der Waals surface area contributed by atoms with E-state index in [1.54, 1.807) is 0 Å². The van der Waals surface area contributed by atoms with E-state index in [0.29, 0.717) is 5.82 Å². The number of hydrogen-bond donors (Lipinski definition) is 0. The maximum atomic E-state index is 5.37. The number of hydrogen-bond acceptors (Lipinski definition) is 2. The van der Waals surface area contributed by atoms with Crippen LogP contribution in [0.15, 0.2) is 231 Å². The van der Waals surface area contributed by atoms with E-state index in [9.17, 15) is 0 Å². The summed E-state index contributed by atoms with van der Waals surface area (Å²) in [5.74, 6) is 0.688. The van der Waals surface area contributed by atoms with Crippen LogP contribution in [-0.2, 0) is 0 Å². The summed E-state index contributed by atoms with van der Waals surface area (Å²) in [6, 6.07) is 82.1. The van der Waals surface area contributed by atoms with Crippen LogP contribution in [0.3, 0.4) is 0 Å². The van der Waals surface area contributed by atoms with E-state index in [0.717, 1.165) is 61.6 Å². The first-order chi connectivity index (χ1) is 30.8. The summed E-state index contributed by atoms with van der Waals surface area (Å²) < 4.78 is 4.91. The average molecular weight is 791 g/mol. The van der Waals surface area contributed by atoms with Crippen molar-refractivity contribution >= 4 is 43.6 Å². The Morgan fingerprint density at radius 2 is 0.742 bits per heavy atom. The molecule has 4 heteroatoms. The van der Waals surface area contributed by atoms with Crippen LogP contribution in [0.4, 0.5) is 0 Å². The lowest BCUT2D eigenvalue weighted by Crippen LogP contribution is -2.00. The Kier molecular flexibility index (Phi) is 8.46. The van der Waals surface area contributed by atoms with Gasteiger partial charge in [-0.3, -0.25) is 0 Å². The zero-order valence-corrected chi connectivity index (χ0v) is 33.7. The molecule has 0 fully saturated rings. The molecule has 0 bridgehead atoms. The third-order valence-electron chi connectivity index (χ3n) is 12.1. The first kappa shape index (κ1) is 35.6. The molecule has 0 saturated carbocycles. The Morgan fingerprint density at radius 1 is 0.274 bits per heavy atom. The SMILES string of the molecule is c1ccc(-c2ccc(-n3c4ccccc4c4ccc5c6ccccc6n(-c6cccc(-c7cc(-c8ccccc8)nc(-c8ccccc8-c8ccccc8)n7)c6)c5c43)cc2)cc1. The summed E-state index contributed by atoms with van der Waals surface area (Å²) in [6.45, 7) is 0. The average Bonchev–Trinajstić information content (AvgIpc) is 3.88. The van der Waals surface area contributed by atoms with Crippen molar-refractivity contribution in [2.24, 2.45) is 0 Å². The Bertz CT molecular complexity index is 3600. The van der Waals surface area contributed by atoms with Gasteiger partial charge in [0.15, 0.2) is 5.82 Å². The maximum absolute atomic E-state index is 5.37. The number of benzene rings is 9. The third kappa shape index (κ3) is 5.92. The highest BCUT2D eigenvalue weighted by Gasteiger charge is 2.22. The molecule has 0 amide bonds. The van der Waals surface area contributed by atoms with Crippen LogP contribution in [0.25, 0.3) is 111 Å². The number of nitrogens with zero attached hydrogens (tertiary/aromatic N) is 4. The molecular weight excluding hydrogens is 753 g/mol. The van der Waals surface area contributed by atoms with Crippen molar-refractivity contribution < 1.29 is 0 Å². The first-order valence-electron chi connectivity index (χ1n) is 21.1. The van der Waals surface area contributed by atoms with Gasteiger partial charge in [0, 0.05) is 49.6 Å². The maximum Gasteiger partial charge on any atom is 0.161 e. The molecule has 12 aromatic rings. The quantitative estimate of drug-likeness (QED) is 0.161. The van der Waals surface area contributed by atoms with Crippen molar-refractivity contribution in [1.82, 2.24) is 19.1 Å². The van der Waals surface area contributed by atoms with Crippen molar-refractivity contribution in [1.29, 1.82) is 0 Å². The van der Waals surface area contributed by atoms with Crippen molar-refractivity contribution in [3.63, 3.8) is 0 Å². The van der Waals surface area contributed by atoms with Gasteiger partial charge < -0.3 is 9.13 Å². The molecule has 9 aromatic carbocycles. The van der Waals surface area contributed by atoms with E-state index >= 15 is 0 Å². The van der Waals surface area contributed by atoms with E-state index in [1.165, 1.54) is 43.7 Å². The van der Waals surface area contributed by atoms with E-state index in [1.807, 2.05) is 6.07 Å². The molecule has 4 nitrogen and oxygen atoms in total. The van der Waals surface area contributed by atoms with Crippen molar-refractivity contribution in [2.75, 3.05) is 0 Å². The second-order valence-corrected chi connectivity index (χ2v) is 15.8. The molecule has 0 spiro atoms. The zero-order chi connectivity index (χ0) is 41.0. The molecule has 3 aromatic heterocycles. The molecule has 0 aliphatic heterocycles. The molecule has 0 atom stereocenters. The zero-order valence-electron chi connectivity index (χ0n) is 33.7. The van der Waals surface area contributed by atoms with E-state index in [-0.39, 0.29) is 0 Å². The number of rotatable bonds is 7. The van der Waals surface area contributed by atoms with Crippen LogP contribution in [0.5, 0.6) is 0 Å². The molecule has 12 rings (SSSR count). The lowest BCUT2D eigenvalue weighted by Gasteiger charge is -2.15. The standard InChI is InChI=1S/C58H38N4/c1-4-17-39(18-5-1)40-31-33-44(34-32-40)61-54-29-14-12-26-47(54)49-35-36-50-48-27-13-15-30-55(48)62(57(50)56(49)61)45-24-16-23-43(37-45)53-38-52(42-21-8-3-9-22-42)59-58(60-53)51-28-11-10-25-46(51)41-19-6-2-7-20-41/h1-38H.